The van der Waals surface area contributed by atoms with Crippen LogP contribution in [0.2, 0.25) is 5.02 Å². The molecule has 6 heteroatoms. The Morgan fingerprint density at radius 1 is 1.53 bits per heavy atom. The number of rotatable bonds is 6. The van der Waals surface area contributed by atoms with Crippen molar-refractivity contribution in [2.45, 2.75) is 26.7 Å². The molecule has 19 heavy (non-hydrogen) atoms. The molecule has 0 amide bonds. The summed E-state index contributed by atoms with van der Waals surface area (Å²) in [5.41, 5.74) is 5.45. The smallest absolute Gasteiger partial charge is 0.145 e. The van der Waals surface area contributed by atoms with Crippen molar-refractivity contribution < 1.29 is 9.13 Å². The van der Waals surface area contributed by atoms with E-state index in [0.717, 1.165) is 12.8 Å². The predicted octanol–water partition coefficient (Wildman–Crippen LogP) is 4.71. The summed E-state index contributed by atoms with van der Waals surface area (Å²) in [6.45, 7) is 4.45. The fraction of sp³-hybridized carbons (Fsp3) is 0.462. The Labute approximate surface area is 131 Å². The van der Waals surface area contributed by atoms with Crippen LogP contribution in [-0.4, -0.2) is 11.6 Å². The lowest BCUT2D eigenvalue weighted by Gasteiger charge is -2.22. The topological polar surface area (TPSA) is 35.2 Å². The molecule has 0 fully saturated rings. The van der Waals surface area contributed by atoms with Crippen LogP contribution in [0.4, 0.5) is 4.39 Å². The summed E-state index contributed by atoms with van der Waals surface area (Å²) < 4.78 is 19.4. The van der Waals surface area contributed by atoms with Crippen molar-refractivity contribution in [3.63, 3.8) is 0 Å². The zero-order valence-electron chi connectivity index (χ0n) is 10.8. The zero-order chi connectivity index (χ0) is 14.6. The highest BCUT2D eigenvalue weighted by atomic mass is 79.9. The van der Waals surface area contributed by atoms with Gasteiger partial charge in [0, 0.05) is 11.5 Å². The monoisotopic (exact) mass is 367 g/mol. The van der Waals surface area contributed by atoms with Crippen molar-refractivity contribution >= 4 is 44.7 Å². The molecule has 2 nitrogen and oxygen atoms in total. The number of hydrogen-bond acceptors (Lipinski definition) is 2. The molecule has 0 aliphatic heterocycles. The predicted molar refractivity (Wildman–Crippen MR) is 84.4 cm³/mol. The summed E-state index contributed by atoms with van der Waals surface area (Å²) >= 11 is 13.9. The molecule has 1 rings (SSSR count). The van der Waals surface area contributed by atoms with Crippen molar-refractivity contribution in [2.24, 2.45) is 11.1 Å². The van der Waals surface area contributed by atoms with Gasteiger partial charge in [0.1, 0.15) is 11.6 Å². The number of nitrogens with two attached hydrogens (primary N) is 1. The van der Waals surface area contributed by atoms with Gasteiger partial charge in [-0.05, 0) is 34.8 Å². The molecule has 0 saturated heterocycles. The molecule has 0 aromatic heterocycles. The third-order valence-corrected chi connectivity index (χ3v) is 4.31. The Hall–Kier alpha value is -0.390. The molecule has 0 spiro atoms. The molecular weight excluding hydrogens is 353 g/mol. The van der Waals surface area contributed by atoms with Crippen LogP contribution in [0.5, 0.6) is 5.75 Å². The van der Waals surface area contributed by atoms with Crippen LogP contribution < -0.4 is 10.5 Å². The lowest BCUT2D eigenvalue weighted by atomic mass is 9.88. The van der Waals surface area contributed by atoms with Crippen molar-refractivity contribution in [2.75, 3.05) is 6.61 Å². The van der Waals surface area contributed by atoms with E-state index in [0.29, 0.717) is 21.8 Å². The van der Waals surface area contributed by atoms with Crippen LogP contribution >= 0.6 is 39.7 Å². The molecule has 1 aromatic carbocycles. The van der Waals surface area contributed by atoms with Gasteiger partial charge in [-0.25, -0.2) is 4.39 Å². The third kappa shape index (κ3) is 4.89. The van der Waals surface area contributed by atoms with E-state index in [1.54, 1.807) is 0 Å². The standard InChI is InChI=1S/C13H16BrClFNOS/c1-13(2,12(17)19)4-3-5-18-11-7-10(16)9(15)6-8(11)14/h6-7H,3-5H2,1-2H3,(H2,17,19). The quantitative estimate of drug-likeness (QED) is 0.448. The van der Waals surface area contributed by atoms with E-state index >= 15 is 0 Å². The van der Waals surface area contributed by atoms with Crippen LogP contribution in [0.1, 0.15) is 26.7 Å². The van der Waals surface area contributed by atoms with E-state index in [-0.39, 0.29) is 10.4 Å². The van der Waals surface area contributed by atoms with Crippen LogP contribution in [0, 0.1) is 11.2 Å². The average Bonchev–Trinajstić information content (AvgIpc) is 2.30. The van der Waals surface area contributed by atoms with Gasteiger partial charge in [0.15, 0.2) is 0 Å². The Bertz CT molecular complexity index is 482. The zero-order valence-corrected chi connectivity index (χ0v) is 14.0. The Morgan fingerprint density at radius 2 is 2.16 bits per heavy atom. The molecule has 0 heterocycles. The largest absolute Gasteiger partial charge is 0.492 e. The van der Waals surface area contributed by atoms with Crippen molar-refractivity contribution in [3.05, 3.63) is 27.4 Å². The molecule has 106 valence electrons. The van der Waals surface area contributed by atoms with Gasteiger partial charge in [0.2, 0.25) is 0 Å². The van der Waals surface area contributed by atoms with Crippen LogP contribution in [0.25, 0.3) is 0 Å². The van der Waals surface area contributed by atoms with Gasteiger partial charge in [-0.1, -0.05) is 37.7 Å². The van der Waals surface area contributed by atoms with Gasteiger partial charge in [-0.15, -0.1) is 0 Å². The normalized spacial score (nSPS) is 11.4. The van der Waals surface area contributed by atoms with Gasteiger partial charge in [0.25, 0.3) is 0 Å². The number of halogens is 3. The molecule has 2 N–H and O–H groups in total. The molecule has 0 bridgehead atoms. The molecule has 0 radical (unpaired) electrons. The molecule has 0 aliphatic rings. The van der Waals surface area contributed by atoms with Crippen molar-refractivity contribution in [3.8, 4) is 5.75 Å². The van der Waals surface area contributed by atoms with E-state index in [1.165, 1.54) is 12.1 Å². The Kier molecular flexibility index (Phi) is 6.02. The fourth-order valence-electron chi connectivity index (χ4n) is 1.43. The first-order valence-corrected chi connectivity index (χ1v) is 7.39. The summed E-state index contributed by atoms with van der Waals surface area (Å²) in [5, 5.41) is 0.0637. The Balaban J connectivity index is 2.51. The SMILES string of the molecule is CC(C)(CCCOc1cc(F)c(Cl)cc1Br)C(N)=S. The third-order valence-electron chi connectivity index (χ3n) is 2.85. The Morgan fingerprint density at radius 3 is 2.74 bits per heavy atom. The lowest BCUT2D eigenvalue weighted by molar-refractivity contribution is 0.285. The molecule has 0 atom stereocenters. The first-order chi connectivity index (χ1) is 8.74. The minimum absolute atomic E-state index is 0.0637. The molecule has 0 saturated carbocycles. The highest BCUT2D eigenvalue weighted by molar-refractivity contribution is 9.10. The van der Waals surface area contributed by atoms with E-state index in [9.17, 15) is 4.39 Å². The van der Waals surface area contributed by atoms with E-state index in [2.05, 4.69) is 15.9 Å². The average molecular weight is 369 g/mol. The van der Waals surface area contributed by atoms with Gasteiger partial charge in [0.05, 0.1) is 21.1 Å². The minimum Gasteiger partial charge on any atom is -0.492 e. The van der Waals surface area contributed by atoms with E-state index < -0.39 is 5.82 Å². The lowest BCUT2D eigenvalue weighted by Crippen LogP contribution is -2.30. The highest BCUT2D eigenvalue weighted by Crippen LogP contribution is 2.31. The van der Waals surface area contributed by atoms with E-state index in [4.69, 9.17) is 34.3 Å². The maximum Gasteiger partial charge on any atom is 0.145 e. The second kappa shape index (κ2) is 6.86. The first-order valence-electron chi connectivity index (χ1n) is 5.81. The molecule has 0 unspecified atom stereocenters. The summed E-state index contributed by atoms with van der Waals surface area (Å²) in [5.74, 6) is -0.0571. The van der Waals surface area contributed by atoms with Crippen molar-refractivity contribution in [1.82, 2.24) is 0 Å². The summed E-state index contributed by atoms with van der Waals surface area (Å²) in [6.07, 6.45) is 1.59. The van der Waals surface area contributed by atoms with Crippen LogP contribution in [0.15, 0.2) is 16.6 Å². The molecular formula is C13H16BrClFNOS. The van der Waals surface area contributed by atoms with Crippen molar-refractivity contribution in [1.29, 1.82) is 0 Å². The van der Waals surface area contributed by atoms with Gasteiger partial charge in [-0.3, -0.25) is 0 Å². The summed E-state index contributed by atoms with van der Waals surface area (Å²) in [4.78, 5) is 0.492. The maximum absolute atomic E-state index is 13.3. The second-order valence-electron chi connectivity index (χ2n) is 4.90. The first kappa shape index (κ1) is 16.7. The number of thiocarbonyl (C=S) groups is 1. The van der Waals surface area contributed by atoms with Crippen LogP contribution in [0.3, 0.4) is 0 Å². The number of benzene rings is 1. The number of hydrogen-bond donors (Lipinski definition) is 1. The molecule has 0 aliphatic carbocycles. The summed E-state index contributed by atoms with van der Waals surface area (Å²) in [7, 11) is 0. The fourth-order valence-corrected chi connectivity index (χ4v) is 2.29. The van der Waals surface area contributed by atoms with E-state index in [1.807, 2.05) is 13.8 Å². The summed E-state index contributed by atoms with van der Waals surface area (Å²) in [6, 6.07) is 2.75. The van der Waals surface area contributed by atoms with Gasteiger partial charge in [-0.2, -0.15) is 0 Å². The number of ether oxygens (including phenoxy) is 1. The minimum atomic E-state index is -0.497. The second-order valence-corrected chi connectivity index (χ2v) is 6.60. The molecule has 1 aromatic rings. The highest BCUT2D eigenvalue weighted by Gasteiger charge is 2.20. The van der Waals surface area contributed by atoms with Crippen LogP contribution in [-0.2, 0) is 0 Å². The maximum atomic E-state index is 13.3. The van der Waals surface area contributed by atoms with Gasteiger partial charge >= 0.3 is 0 Å². The van der Waals surface area contributed by atoms with Gasteiger partial charge < -0.3 is 10.5 Å².